The molecule has 2 amide bonds. The Morgan fingerprint density at radius 2 is 1.77 bits per heavy atom. The normalized spacial score (nSPS) is 13.1. The Morgan fingerprint density at radius 1 is 1.10 bits per heavy atom. The van der Waals surface area contributed by atoms with Crippen molar-refractivity contribution in [3.05, 3.63) is 47.0 Å². The Hall–Kier alpha value is -3.73. The molecule has 1 atom stereocenters. The van der Waals surface area contributed by atoms with Gasteiger partial charge in [0.2, 0.25) is 11.7 Å². The molecule has 0 radical (unpaired) electrons. The lowest BCUT2D eigenvalue weighted by Gasteiger charge is -2.18. The average molecular weight is 409 g/mol. The minimum Gasteiger partial charge on any atom is -0.493 e. The SMILES string of the molecule is COc1cc(C(C#N)NC(=O)c2ccc3c(c2)CCN3C(C)=O)cc(OC)c1OC. The molecule has 1 N–H and O–H groups in total. The molecule has 0 saturated carbocycles. The van der Waals surface area contributed by atoms with Crippen molar-refractivity contribution in [1.82, 2.24) is 5.32 Å². The standard InChI is InChI=1S/C22H23N3O5/c1-13(26)25-8-7-14-9-15(5-6-18(14)25)22(27)24-17(12-23)16-10-19(28-2)21(30-4)20(11-16)29-3/h5-6,9-11,17H,7-8H2,1-4H3,(H,24,27). The molecule has 0 aliphatic carbocycles. The van der Waals surface area contributed by atoms with E-state index in [1.54, 1.807) is 35.2 Å². The van der Waals surface area contributed by atoms with Gasteiger partial charge >= 0.3 is 0 Å². The van der Waals surface area contributed by atoms with E-state index in [1.165, 1.54) is 28.3 Å². The van der Waals surface area contributed by atoms with Crippen molar-refractivity contribution in [2.75, 3.05) is 32.8 Å². The highest BCUT2D eigenvalue weighted by molar-refractivity contribution is 5.98. The van der Waals surface area contributed by atoms with Crippen molar-refractivity contribution < 1.29 is 23.8 Å². The third kappa shape index (κ3) is 3.87. The number of amides is 2. The number of nitrogens with zero attached hydrogens (tertiary/aromatic N) is 2. The van der Waals surface area contributed by atoms with E-state index in [0.29, 0.717) is 41.3 Å². The number of carbonyl (C=O) groups is 2. The number of nitriles is 1. The van der Waals surface area contributed by atoms with Gasteiger partial charge in [0, 0.05) is 24.7 Å². The Balaban J connectivity index is 1.86. The summed E-state index contributed by atoms with van der Waals surface area (Å²) in [7, 11) is 4.45. The third-order valence-electron chi connectivity index (χ3n) is 5.04. The van der Waals surface area contributed by atoms with Crippen LogP contribution in [-0.2, 0) is 11.2 Å². The molecule has 8 nitrogen and oxygen atoms in total. The summed E-state index contributed by atoms with van der Waals surface area (Å²) in [5.74, 6) is 0.768. The summed E-state index contributed by atoms with van der Waals surface area (Å²) >= 11 is 0. The number of carbonyl (C=O) groups excluding carboxylic acids is 2. The van der Waals surface area contributed by atoms with Gasteiger partial charge in [-0.15, -0.1) is 0 Å². The van der Waals surface area contributed by atoms with Crippen LogP contribution in [0.2, 0.25) is 0 Å². The van der Waals surface area contributed by atoms with Crippen LogP contribution < -0.4 is 24.4 Å². The Labute approximate surface area is 174 Å². The number of rotatable bonds is 6. The number of hydrogen-bond donors (Lipinski definition) is 1. The largest absolute Gasteiger partial charge is 0.493 e. The number of ether oxygens (including phenoxy) is 3. The van der Waals surface area contributed by atoms with Crippen LogP contribution in [0.25, 0.3) is 0 Å². The molecule has 0 aromatic heterocycles. The van der Waals surface area contributed by atoms with Crippen molar-refractivity contribution >= 4 is 17.5 Å². The summed E-state index contributed by atoms with van der Waals surface area (Å²) in [6, 6.07) is 9.61. The van der Waals surface area contributed by atoms with E-state index in [4.69, 9.17) is 14.2 Å². The fourth-order valence-electron chi connectivity index (χ4n) is 3.54. The fourth-order valence-corrected chi connectivity index (χ4v) is 3.54. The van der Waals surface area contributed by atoms with E-state index in [2.05, 4.69) is 11.4 Å². The van der Waals surface area contributed by atoms with E-state index < -0.39 is 6.04 Å². The molecule has 2 aromatic rings. The Kier molecular flexibility index (Phi) is 6.11. The molecule has 1 aliphatic heterocycles. The van der Waals surface area contributed by atoms with Gasteiger partial charge in [-0.2, -0.15) is 5.26 Å². The summed E-state index contributed by atoms with van der Waals surface area (Å²) in [4.78, 5) is 26.2. The lowest BCUT2D eigenvalue weighted by atomic mass is 10.0. The summed E-state index contributed by atoms with van der Waals surface area (Å²) in [5, 5.41) is 12.4. The number of hydrogen-bond acceptors (Lipinski definition) is 6. The predicted molar refractivity (Wildman–Crippen MR) is 110 cm³/mol. The van der Waals surface area contributed by atoms with Crippen LogP contribution in [0.3, 0.4) is 0 Å². The number of fused-ring (bicyclic) bond motifs is 1. The van der Waals surface area contributed by atoms with Gasteiger partial charge in [0.15, 0.2) is 11.5 Å². The first-order valence-corrected chi connectivity index (χ1v) is 9.34. The molecular formula is C22H23N3O5. The maximum absolute atomic E-state index is 12.8. The lowest BCUT2D eigenvalue weighted by Crippen LogP contribution is -2.28. The van der Waals surface area contributed by atoms with E-state index >= 15 is 0 Å². The van der Waals surface area contributed by atoms with E-state index in [0.717, 1.165) is 11.3 Å². The van der Waals surface area contributed by atoms with Crippen LogP contribution in [0.4, 0.5) is 5.69 Å². The van der Waals surface area contributed by atoms with Gasteiger partial charge in [-0.25, -0.2) is 0 Å². The number of methoxy groups -OCH3 is 3. The topological polar surface area (TPSA) is 101 Å². The maximum atomic E-state index is 12.8. The van der Waals surface area contributed by atoms with Crippen molar-refractivity contribution in [3.8, 4) is 23.3 Å². The molecular weight excluding hydrogens is 386 g/mol. The zero-order valence-electron chi connectivity index (χ0n) is 17.3. The first kappa shape index (κ1) is 21.0. The number of nitrogens with one attached hydrogen (secondary N) is 1. The van der Waals surface area contributed by atoms with Gasteiger partial charge in [0.1, 0.15) is 6.04 Å². The molecule has 30 heavy (non-hydrogen) atoms. The first-order chi connectivity index (χ1) is 14.4. The molecule has 1 unspecified atom stereocenters. The quantitative estimate of drug-likeness (QED) is 0.787. The van der Waals surface area contributed by atoms with Gasteiger partial charge in [-0.1, -0.05) is 0 Å². The second-order valence-corrected chi connectivity index (χ2v) is 6.76. The molecule has 1 heterocycles. The van der Waals surface area contributed by atoms with Crippen LogP contribution in [0.15, 0.2) is 30.3 Å². The van der Waals surface area contributed by atoms with Crippen molar-refractivity contribution in [3.63, 3.8) is 0 Å². The minimum atomic E-state index is -0.923. The predicted octanol–water partition coefficient (Wildman–Crippen LogP) is 2.62. The van der Waals surface area contributed by atoms with Gasteiger partial charge in [0.25, 0.3) is 5.91 Å². The molecule has 0 fully saturated rings. The summed E-state index contributed by atoms with van der Waals surface area (Å²) in [5.41, 5.74) is 2.68. The zero-order valence-corrected chi connectivity index (χ0v) is 17.3. The third-order valence-corrected chi connectivity index (χ3v) is 5.04. The lowest BCUT2D eigenvalue weighted by molar-refractivity contribution is -0.116. The minimum absolute atomic E-state index is 0.0297. The zero-order chi connectivity index (χ0) is 21.8. The molecule has 156 valence electrons. The van der Waals surface area contributed by atoms with Crippen LogP contribution in [0, 0.1) is 11.3 Å². The summed E-state index contributed by atoms with van der Waals surface area (Å²) in [6.07, 6.45) is 0.685. The van der Waals surface area contributed by atoms with Crippen molar-refractivity contribution in [2.24, 2.45) is 0 Å². The molecule has 0 bridgehead atoms. The molecule has 1 aliphatic rings. The number of anilines is 1. The molecule has 3 rings (SSSR count). The van der Waals surface area contributed by atoms with Gasteiger partial charge in [-0.3, -0.25) is 9.59 Å². The van der Waals surface area contributed by atoms with Crippen molar-refractivity contribution in [2.45, 2.75) is 19.4 Å². The van der Waals surface area contributed by atoms with Crippen LogP contribution in [-0.4, -0.2) is 39.7 Å². The monoisotopic (exact) mass is 409 g/mol. The second kappa shape index (κ2) is 8.74. The highest BCUT2D eigenvalue weighted by atomic mass is 16.5. The van der Waals surface area contributed by atoms with Crippen molar-refractivity contribution in [1.29, 1.82) is 5.26 Å². The maximum Gasteiger partial charge on any atom is 0.252 e. The Morgan fingerprint density at radius 3 is 2.30 bits per heavy atom. The molecule has 2 aromatic carbocycles. The van der Waals surface area contributed by atoms with Gasteiger partial charge in [-0.05, 0) is 47.9 Å². The van der Waals surface area contributed by atoms with Crippen LogP contribution in [0.5, 0.6) is 17.2 Å². The van der Waals surface area contributed by atoms with E-state index in [9.17, 15) is 14.9 Å². The second-order valence-electron chi connectivity index (χ2n) is 6.76. The summed E-state index contributed by atoms with van der Waals surface area (Å²) in [6.45, 7) is 2.12. The first-order valence-electron chi connectivity index (χ1n) is 9.34. The van der Waals surface area contributed by atoms with Gasteiger partial charge < -0.3 is 24.4 Å². The van der Waals surface area contributed by atoms with Crippen LogP contribution in [0.1, 0.15) is 34.5 Å². The highest BCUT2D eigenvalue weighted by Crippen LogP contribution is 2.39. The summed E-state index contributed by atoms with van der Waals surface area (Å²) < 4.78 is 15.9. The molecule has 8 heteroatoms. The van der Waals surface area contributed by atoms with Gasteiger partial charge in [0.05, 0.1) is 27.4 Å². The average Bonchev–Trinajstić information content (AvgIpc) is 3.19. The Bertz CT molecular complexity index is 1000. The van der Waals surface area contributed by atoms with Crippen LogP contribution >= 0.6 is 0 Å². The molecule has 0 spiro atoms. The van der Waals surface area contributed by atoms with E-state index in [-0.39, 0.29) is 11.8 Å². The highest BCUT2D eigenvalue weighted by Gasteiger charge is 2.25. The number of benzene rings is 2. The fraction of sp³-hybridized carbons (Fsp3) is 0.318. The van der Waals surface area contributed by atoms with E-state index in [1.807, 2.05) is 0 Å². The molecule has 0 saturated heterocycles. The smallest absolute Gasteiger partial charge is 0.252 e.